The summed E-state index contributed by atoms with van der Waals surface area (Å²) in [5.74, 6) is -0.535. The highest BCUT2D eigenvalue weighted by atomic mass is 16.5. The minimum Gasteiger partial charge on any atom is -0.457 e. The molecule has 0 amide bonds. The van der Waals surface area contributed by atoms with Crippen LogP contribution in [0.3, 0.4) is 0 Å². The molecule has 1 aromatic heterocycles. The highest BCUT2D eigenvalue weighted by molar-refractivity contribution is 6.10. The van der Waals surface area contributed by atoms with Gasteiger partial charge in [0.1, 0.15) is 0 Å². The van der Waals surface area contributed by atoms with Crippen LogP contribution in [-0.2, 0) is 9.53 Å². The van der Waals surface area contributed by atoms with Gasteiger partial charge in [-0.1, -0.05) is 30.4 Å². The molecule has 3 rings (SSSR count). The van der Waals surface area contributed by atoms with E-state index in [2.05, 4.69) is 11.1 Å². The largest absolute Gasteiger partial charge is 0.457 e. The van der Waals surface area contributed by atoms with E-state index in [9.17, 15) is 9.59 Å². The molecule has 1 aromatic carbocycles. The summed E-state index contributed by atoms with van der Waals surface area (Å²) in [6, 6.07) is 7.65. The molecule has 0 fully saturated rings. The number of rotatable bonds is 4. The van der Waals surface area contributed by atoms with Gasteiger partial charge in [0.05, 0.1) is 5.92 Å². The predicted octanol–water partition coefficient (Wildman–Crippen LogP) is 3.56. The Labute approximate surface area is 129 Å². The highest BCUT2D eigenvalue weighted by Crippen LogP contribution is 2.23. The summed E-state index contributed by atoms with van der Waals surface area (Å²) in [6.07, 6.45) is 6.48. The second-order valence-corrected chi connectivity index (χ2v) is 5.68. The molecular formula is C18H19NO3. The first-order valence-corrected chi connectivity index (χ1v) is 7.59. The Bertz CT molecular complexity index is 742. The second kappa shape index (κ2) is 6.18. The summed E-state index contributed by atoms with van der Waals surface area (Å²) < 4.78 is 5.23. The van der Waals surface area contributed by atoms with Crippen LogP contribution in [0.15, 0.2) is 36.4 Å². The summed E-state index contributed by atoms with van der Waals surface area (Å²) in [5, 5.41) is 0.877. The van der Waals surface area contributed by atoms with Gasteiger partial charge in [-0.05, 0) is 32.3 Å². The van der Waals surface area contributed by atoms with Crippen molar-refractivity contribution in [3.63, 3.8) is 0 Å². The van der Waals surface area contributed by atoms with E-state index in [1.54, 1.807) is 0 Å². The van der Waals surface area contributed by atoms with Gasteiger partial charge in [-0.3, -0.25) is 9.59 Å². The van der Waals surface area contributed by atoms with E-state index >= 15 is 0 Å². The van der Waals surface area contributed by atoms with Crippen LogP contribution in [0.1, 0.15) is 35.3 Å². The number of ether oxygens (including phenoxy) is 1. The third-order valence-corrected chi connectivity index (χ3v) is 4.12. The maximum atomic E-state index is 12.4. The van der Waals surface area contributed by atoms with Gasteiger partial charge >= 0.3 is 5.97 Å². The number of ketones is 1. The van der Waals surface area contributed by atoms with E-state index in [1.807, 2.05) is 37.3 Å². The maximum Gasteiger partial charge on any atom is 0.309 e. The number of aryl methyl sites for hydroxylation is 1. The lowest BCUT2D eigenvalue weighted by Gasteiger charge is -2.16. The lowest BCUT2D eigenvalue weighted by Crippen LogP contribution is -2.22. The number of para-hydroxylation sites is 1. The van der Waals surface area contributed by atoms with Crippen LogP contribution >= 0.6 is 0 Å². The number of carbonyl (C=O) groups excluding carboxylic acids is 2. The molecule has 1 aliphatic rings. The average molecular weight is 297 g/mol. The quantitative estimate of drug-likeness (QED) is 0.533. The van der Waals surface area contributed by atoms with Gasteiger partial charge in [0.15, 0.2) is 6.61 Å². The number of fused-ring (bicyclic) bond motifs is 1. The number of aromatic amines is 1. The van der Waals surface area contributed by atoms with Crippen molar-refractivity contribution >= 4 is 22.7 Å². The number of carbonyl (C=O) groups is 2. The zero-order chi connectivity index (χ0) is 15.5. The Kier molecular flexibility index (Phi) is 4.09. The Morgan fingerprint density at radius 2 is 2.09 bits per heavy atom. The number of hydrogen-bond donors (Lipinski definition) is 1. The Hall–Kier alpha value is -2.36. The van der Waals surface area contributed by atoms with Crippen molar-refractivity contribution in [2.24, 2.45) is 5.92 Å². The van der Waals surface area contributed by atoms with Crippen LogP contribution in [0.25, 0.3) is 10.9 Å². The number of H-pyrrole nitrogens is 1. The number of aromatic nitrogens is 1. The molecule has 4 heteroatoms. The first kappa shape index (κ1) is 14.6. The number of benzene rings is 1. The Morgan fingerprint density at radius 1 is 1.27 bits per heavy atom. The summed E-state index contributed by atoms with van der Waals surface area (Å²) in [7, 11) is 0. The van der Waals surface area contributed by atoms with Crippen LogP contribution in [0.5, 0.6) is 0 Å². The number of hydrogen-bond acceptors (Lipinski definition) is 3. The Balaban J connectivity index is 1.70. The van der Waals surface area contributed by atoms with Crippen LogP contribution in [-0.4, -0.2) is 23.3 Å². The van der Waals surface area contributed by atoms with Crippen molar-refractivity contribution < 1.29 is 14.3 Å². The van der Waals surface area contributed by atoms with Crippen molar-refractivity contribution in [2.45, 2.75) is 26.2 Å². The third kappa shape index (κ3) is 2.82. The molecule has 1 aliphatic carbocycles. The molecule has 0 saturated carbocycles. The van der Waals surface area contributed by atoms with E-state index < -0.39 is 0 Å². The summed E-state index contributed by atoms with van der Waals surface area (Å²) in [6.45, 7) is 1.67. The molecule has 2 aromatic rings. The van der Waals surface area contributed by atoms with E-state index in [-0.39, 0.29) is 24.3 Å². The van der Waals surface area contributed by atoms with E-state index in [1.165, 1.54) is 0 Å². The Morgan fingerprint density at radius 3 is 2.86 bits per heavy atom. The third-order valence-electron chi connectivity index (χ3n) is 4.12. The van der Waals surface area contributed by atoms with E-state index in [0.29, 0.717) is 12.0 Å². The molecule has 114 valence electrons. The molecule has 1 atom stereocenters. The van der Waals surface area contributed by atoms with Crippen LogP contribution in [0.4, 0.5) is 0 Å². The minimum atomic E-state index is -0.268. The van der Waals surface area contributed by atoms with Gasteiger partial charge < -0.3 is 9.72 Å². The standard InChI is InChI=1S/C18H19NO3/c1-12-17(14-9-5-6-10-15(14)19-12)16(20)11-22-18(21)13-7-3-2-4-8-13/h2-3,5-6,9-10,13,19H,4,7-8,11H2,1H3/t13-/m1/s1. The molecule has 1 heterocycles. The first-order chi connectivity index (χ1) is 10.7. The van der Waals surface area contributed by atoms with Gasteiger partial charge in [-0.25, -0.2) is 0 Å². The van der Waals surface area contributed by atoms with E-state index in [0.717, 1.165) is 29.4 Å². The lowest BCUT2D eigenvalue weighted by molar-refractivity contribution is -0.147. The molecular weight excluding hydrogens is 278 g/mol. The van der Waals surface area contributed by atoms with Crippen molar-refractivity contribution in [3.8, 4) is 0 Å². The fraction of sp³-hybridized carbons (Fsp3) is 0.333. The fourth-order valence-electron chi connectivity index (χ4n) is 2.97. The number of allylic oxidation sites excluding steroid dienone is 2. The van der Waals surface area contributed by atoms with Gasteiger partial charge in [0.2, 0.25) is 5.78 Å². The average Bonchev–Trinajstić information content (AvgIpc) is 2.89. The van der Waals surface area contributed by atoms with Crippen LogP contribution in [0.2, 0.25) is 0 Å². The number of nitrogens with one attached hydrogen (secondary N) is 1. The van der Waals surface area contributed by atoms with Crippen molar-refractivity contribution in [1.29, 1.82) is 0 Å². The van der Waals surface area contributed by atoms with Crippen molar-refractivity contribution in [1.82, 2.24) is 4.98 Å². The maximum absolute atomic E-state index is 12.4. The lowest BCUT2D eigenvalue weighted by atomic mass is 9.95. The van der Waals surface area contributed by atoms with Crippen LogP contribution < -0.4 is 0 Å². The molecule has 0 bridgehead atoms. The number of esters is 1. The molecule has 1 N–H and O–H groups in total. The monoisotopic (exact) mass is 297 g/mol. The molecule has 0 saturated heterocycles. The normalized spacial score (nSPS) is 17.6. The second-order valence-electron chi connectivity index (χ2n) is 5.68. The predicted molar refractivity (Wildman–Crippen MR) is 84.8 cm³/mol. The summed E-state index contributed by atoms with van der Waals surface area (Å²) in [5.41, 5.74) is 2.35. The van der Waals surface area contributed by atoms with Crippen molar-refractivity contribution in [3.05, 3.63) is 47.7 Å². The van der Waals surface area contributed by atoms with Gasteiger partial charge in [-0.15, -0.1) is 0 Å². The topological polar surface area (TPSA) is 59.2 Å². The van der Waals surface area contributed by atoms with Gasteiger partial charge in [-0.2, -0.15) is 0 Å². The molecule has 0 aliphatic heterocycles. The highest BCUT2D eigenvalue weighted by Gasteiger charge is 2.22. The molecule has 0 spiro atoms. The van der Waals surface area contributed by atoms with Crippen LogP contribution in [0, 0.1) is 12.8 Å². The zero-order valence-electron chi connectivity index (χ0n) is 12.6. The minimum absolute atomic E-state index is 0.109. The molecule has 0 unspecified atom stereocenters. The SMILES string of the molecule is Cc1[nH]c2ccccc2c1C(=O)COC(=O)[C@@H]1CC=CCC1. The summed E-state index contributed by atoms with van der Waals surface area (Å²) >= 11 is 0. The van der Waals surface area contributed by atoms with Crippen molar-refractivity contribution in [2.75, 3.05) is 6.61 Å². The van der Waals surface area contributed by atoms with E-state index in [4.69, 9.17) is 4.74 Å². The smallest absolute Gasteiger partial charge is 0.309 e. The van der Waals surface area contributed by atoms with Gasteiger partial charge in [0.25, 0.3) is 0 Å². The first-order valence-electron chi connectivity index (χ1n) is 7.59. The zero-order valence-corrected chi connectivity index (χ0v) is 12.6. The molecule has 22 heavy (non-hydrogen) atoms. The number of Topliss-reactive ketones (excluding diaryl/α,β-unsaturated/α-hetero) is 1. The molecule has 0 radical (unpaired) electrons. The fourth-order valence-corrected chi connectivity index (χ4v) is 2.97. The molecule has 4 nitrogen and oxygen atoms in total. The van der Waals surface area contributed by atoms with Gasteiger partial charge in [0, 0.05) is 22.2 Å². The summed E-state index contributed by atoms with van der Waals surface area (Å²) in [4.78, 5) is 27.6.